The van der Waals surface area contributed by atoms with Gasteiger partial charge >= 0.3 is 0 Å². The van der Waals surface area contributed by atoms with E-state index >= 15 is 0 Å². The largest absolute Gasteiger partial charge is 0.367 e. The average Bonchev–Trinajstić information content (AvgIpc) is 2.22. The van der Waals surface area contributed by atoms with E-state index in [1.165, 1.54) is 12.1 Å². The van der Waals surface area contributed by atoms with Crippen LogP contribution in [0, 0.1) is 13.8 Å². The summed E-state index contributed by atoms with van der Waals surface area (Å²) in [6.07, 6.45) is 0. The number of aryl methyl sites for hydroxylation is 2. The van der Waals surface area contributed by atoms with Crippen molar-refractivity contribution in [2.24, 2.45) is 11.5 Å². The molecule has 18 heavy (non-hydrogen) atoms. The Hall–Kier alpha value is -1.11. The molecule has 0 heterocycles. The summed E-state index contributed by atoms with van der Waals surface area (Å²) in [5, 5.41) is 0.448. The van der Waals surface area contributed by atoms with E-state index in [1.54, 1.807) is 13.8 Å². The van der Waals surface area contributed by atoms with Gasteiger partial charge in [-0.1, -0.05) is 11.6 Å². The molecular formula is C11H15ClN2O3S. The van der Waals surface area contributed by atoms with Gasteiger partial charge in [-0.2, -0.15) is 0 Å². The summed E-state index contributed by atoms with van der Waals surface area (Å²) in [6.45, 7) is 4.32. The standard InChI is InChI=1S/C11H15ClN2O3S/c1-6-5-9(7(2)4-8(6)12)18(16,17)11(3,14)10(13)15/h4-5H,14H2,1-3H3,(H2,13,15). The summed E-state index contributed by atoms with van der Waals surface area (Å²) in [7, 11) is -4.06. The quantitative estimate of drug-likeness (QED) is 0.862. The summed E-state index contributed by atoms with van der Waals surface area (Å²) in [5.41, 5.74) is 11.6. The average molecular weight is 291 g/mol. The van der Waals surface area contributed by atoms with Crippen molar-refractivity contribution < 1.29 is 13.2 Å². The number of nitrogens with two attached hydrogens (primary N) is 2. The molecule has 0 bridgehead atoms. The highest BCUT2D eigenvalue weighted by atomic mass is 35.5. The van der Waals surface area contributed by atoms with Crippen molar-refractivity contribution in [1.29, 1.82) is 0 Å². The van der Waals surface area contributed by atoms with Crippen molar-refractivity contribution in [3.05, 3.63) is 28.3 Å². The van der Waals surface area contributed by atoms with Crippen LogP contribution in [0.4, 0.5) is 0 Å². The maximum Gasteiger partial charge on any atom is 0.253 e. The number of halogens is 1. The number of primary amides is 1. The molecule has 0 aliphatic heterocycles. The molecule has 1 unspecified atom stereocenters. The van der Waals surface area contributed by atoms with Gasteiger partial charge in [-0.05, 0) is 44.0 Å². The van der Waals surface area contributed by atoms with Crippen LogP contribution in [0.1, 0.15) is 18.1 Å². The third-order valence-electron chi connectivity index (χ3n) is 2.79. The fraction of sp³-hybridized carbons (Fsp3) is 0.364. The van der Waals surface area contributed by atoms with Crippen molar-refractivity contribution in [1.82, 2.24) is 0 Å². The number of hydrogen-bond donors (Lipinski definition) is 2. The lowest BCUT2D eigenvalue weighted by Gasteiger charge is -2.22. The Labute approximate surface area is 111 Å². The molecule has 0 aliphatic carbocycles. The first-order valence-corrected chi connectivity index (χ1v) is 6.98. The predicted molar refractivity (Wildman–Crippen MR) is 69.9 cm³/mol. The van der Waals surface area contributed by atoms with E-state index in [0.717, 1.165) is 6.92 Å². The molecule has 0 aliphatic rings. The topological polar surface area (TPSA) is 103 Å². The second kappa shape index (κ2) is 4.53. The van der Waals surface area contributed by atoms with Crippen LogP contribution in [0.15, 0.2) is 17.0 Å². The van der Waals surface area contributed by atoms with Crippen LogP contribution >= 0.6 is 11.6 Å². The number of amides is 1. The normalized spacial score (nSPS) is 15.2. The number of rotatable bonds is 3. The first-order valence-electron chi connectivity index (χ1n) is 5.12. The first kappa shape index (κ1) is 14.9. The van der Waals surface area contributed by atoms with Gasteiger partial charge < -0.3 is 11.5 Å². The Bertz CT molecular complexity index is 609. The molecule has 0 fully saturated rings. The van der Waals surface area contributed by atoms with Gasteiger partial charge in [-0.3, -0.25) is 4.79 Å². The molecule has 5 nitrogen and oxygen atoms in total. The van der Waals surface area contributed by atoms with Crippen LogP contribution in [0.3, 0.4) is 0 Å². The summed E-state index contributed by atoms with van der Waals surface area (Å²) in [6, 6.07) is 2.90. The Balaban J connectivity index is 3.57. The van der Waals surface area contributed by atoms with Crippen molar-refractivity contribution >= 4 is 27.3 Å². The summed E-state index contributed by atoms with van der Waals surface area (Å²) in [4.78, 5) is 9.01. The summed E-state index contributed by atoms with van der Waals surface area (Å²) in [5.74, 6) is -1.10. The number of sulfone groups is 1. The lowest BCUT2D eigenvalue weighted by Crippen LogP contribution is -2.55. The highest BCUT2D eigenvalue weighted by molar-refractivity contribution is 7.93. The lowest BCUT2D eigenvalue weighted by molar-refractivity contribution is -0.120. The molecule has 0 saturated carbocycles. The maximum atomic E-state index is 12.3. The zero-order chi connectivity index (χ0) is 14.3. The van der Waals surface area contributed by atoms with Crippen LogP contribution in [0.25, 0.3) is 0 Å². The van der Waals surface area contributed by atoms with E-state index in [9.17, 15) is 13.2 Å². The summed E-state index contributed by atoms with van der Waals surface area (Å²) >= 11 is 5.90. The van der Waals surface area contributed by atoms with Gasteiger partial charge in [0.1, 0.15) is 0 Å². The van der Waals surface area contributed by atoms with E-state index < -0.39 is 20.6 Å². The number of carbonyl (C=O) groups excluding carboxylic acids is 1. The molecule has 7 heteroatoms. The van der Waals surface area contributed by atoms with Gasteiger partial charge in [0.25, 0.3) is 5.91 Å². The fourth-order valence-electron chi connectivity index (χ4n) is 1.40. The Morgan fingerprint density at radius 1 is 1.28 bits per heavy atom. The molecule has 1 aromatic carbocycles. The van der Waals surface area contributed by atoms with Crippen molar-refractivity contribution in [3.8, 4) is 0 Å². The van der Waals surface area contributed by atoms with Gasteiger partial charge in [0.05, 0.1) is 4.90 Å². The predicted octanol–water partition coefficient (Wildman–Crippen LogP) is 0.891. The van der Waals surface area contributed by atoms with Crippen LogP contribution in [-0.2, 0) is 14.6 Å². The van der Waals surface area contributed by atoms with Gasteiger partial charge in [0.2, 0.25) is 9.84 Å². The molecular weight excluding hydrogens is 276 g/mol. The van der Waals surface area contributed by atoms with Crippen molar-refractivity contribution in [2.45, 2.75) is 30.5 Å². The molecule has 0 spiro atoms. The lowest BCUT2D eigenvalue weighted by atomic mass is 10.2. The van der Waals surface area contributed by atoms with E-state index in [-0.39, 0.29) is 4.90 Å². The van der Waals surface area contributed by atoms with Gasteiger partial charge in [-0.15, -0.1) is 0 Å². The number of carbonyl (C=O) groups is 1. The van der Waals surface area contributed by atoms with Crippen LogP contribution < -0.4 is 11.5 Å². The molecule has 0 saturated heterocycles. The molecule has 1 amide bonds. The third-order valence-corrected chi connectivity index (χ3v) is 5.54. The highest BCUT2D eigenvalue weighted by Gasteiger charge is 2.43. The van der Waals surface area contributed by atoms with Crippen LogP contribution in [-0.4, -0.2) is 19.2 Å². The Kier molecular flexibility index (Phi) is 3.76. The third kappa shape index (κ3) is 2.23. The number of benzene rings is 1. The van der Waals surface area contributed by atoms with E-state index in [2.05, 4.69) is 0 Å². The molecule has 1 atom stereocenters. The van der Waals surface area contributed by atoms with Gasteiger partial charge in [0.15, 0.2) is 4.87 Å². The zero-order valence-electron chi connectivity index (χ0n) is 10.3. The SMILES string of the molecule is Cc1cc(S(=O)(=O)C(C)(N)C(N)=O)c(C)cc1Cl. The van der Waals surface area contributed by atoms with Gasteiger partial charge in [0, 0.05) is 5.02 Å². The Morgan fingerprint density at radius 3 is 2.22 bits per heavy atom. The van der Waals surface area contributed by atoms with E-state index in [1.807, 2.05) is 0 Å². The second-order valence-electron chi connectivity index (χ2n) is 4.34. The molecule has 4 N–H and O–H groups in total. The van der Waals surface area contributed by atoms with E-state index in [0.29, 0.717) is 16.1 Å². The minimum Gasteiger partial charge on any atom is -0.367 e. The molecule has 0 aromatic heterocycles. The minimum absolute atomic E-state index is 0.0341. The van der Waals surface area contributed by atoms with E-state index in [4.69, 9.17) is 23.1 Å². The van der Waals surface area contributed by atoms with Crippen LogP contribution in [0.2, 0.25) is 5.02 Å². The number of hydrogen-bond acceptors (Lipinski definition) is 4. The zero-order valence-corrected chi connectivity index (χ0v) is 11.9. The maximum absolute atomic E-state index is 12.3. The molecule has 100 valence electrons. The second-order valence-corrected chi connectivity index (χ2v) is 7.04. The van der Waals surface area contributed by atoms with Crippen molar-refractivity contribution in [2.75, 3.05) is 0 Å². The monoisotopic (exact) mass is 290 g/mol. The minimum atomic E-state index is -4.06. The van der Waals surface area contributed by atoms with Crippen LogP contribution in [0.5, 0.6) is 0 Å². The molecule has 1 aromatic rings. The summed E-state index contributed by atoms with van der Waals surface area (Å²) < 4.78 is 24.6. The smallest absolute Gasteiger partial charge is 0.253 e. The van der Waals surface area contributed by atoms with Crippen molar-refractivity contribution in [3.63, 3.8) is 0 Å². The fourth-order valence-corrected chi connectivity index (χ4v) is 3.16. The van der Waals surface area contributed by atoms with Gasteiger partial charge in [-0.25, -0.2) is 8.42 Å². The molecule has 0 radical (unpaired) electrons. The Morgan fingerprint density at radius 2 is 1.78 bits per heavy atom. The first-order chi connectivity index (χ1) is 8.01. The molecule has 1 rings (SSSR count). The highest BCUT2D eigenvalue weighted by Crippen LogP contribution is 2.28.